The van der Waals surface area contributed by atoms with E-state index in [0.29, 0.717) is 62.1 Å². The molecule has 606 valence electrons. The fourth-order valence-corrected chi connectivity index (χ4v) is 16.8. The first-order valence-electron chi connectivity index (χ1n) is 38.6. The van der Waals surface area contributed by atoms with Crippen LogP contribution in [0.15, 0.2) is 170 Å². The number of carbonyl (C=O) groups is 9. The molecule has 4 fully saturated rings. The average Bonchev–Trinajstić information content (AvgIpc) is 1.13. The predicted octanol–water partition coefficient (Wildman–Crippen LogP) is 5.91. The van der Waals surface area contributed by atoms with Gasteiger partial charge in [-0.2, -0.15) is 0 Å². The van der Waals surface area contributed by atoms with Crippen molar-refractivity contribution in [3.8, 4) is 28.7 Å². The van der Waals surface area contributed by atoms with E-state index < -0.39 is 90.5 Å². The van der Waals surface area contributed by atoms with Gasteiger partial charge in [-0.05, 0) is 117 Å². The molecule has 0 bridgehead atoms. The highest BCUT2D eigenvalue weighted by atomic mass is 32.2. The molecule has 30 nitrogen and oxygen atoms in total. The van der Waals surface area contributed by atoms with Crippen LogP contribution in [-0.2, 0) is 65.2 Å². The number of pyridine rings is 1. The van der Waals surface area contributed by atoms with Gasteiger partial charge in [0.1, 0.15) is 30.0 Å². The number of H-pyrrole nitrogens is 1. The third-order valence-electron chi connectivity index (χ3n) is 21.2. The molecule has 7 heterocycles. The molecule has 0 spiro atoms. The lowest BCUT2D eigenvalue weighted by Gasteiger charge is -2.45. The summed E-state index contributed by atoms with van der Waals surface area (Å²) in [5, 5.41) is 24.0. The number of aliphatic hydroxyl groups is 1. The van der Waals surface area contributed by atoms with Gasteiger partial charge in [0.05, 0.1) is 98.9 Å². The number of fused-ring (bicyclic) bond motifs is 2. The Kier molecular flexibility index (Phi) is 26.8. The van der Waals surface area contributed by atoms with Crippen molar-refractivity contribution in [3.05, 3.63) is 183 Å². The summed E-state index contributed by atoms with van der Waals surface area (Å²) in [4.78, 5) is 157. The number of aliphatic hydroxyl groups excluding tert-OH is 1. The van der Waals surface area contributed by atoms with Crippen molar-refractivity contribution in [1.82, 2.24) is 55.5 Å². The fourth-order valence-electron chi connectivity index (χ4n) is 14.7. The first-order valence-corrected chi connectivity index (χ1v) is 40.2. The molecule has 5 aromatic carbocycles. The number of imide groups is 2. The van der Waals surface area contributed by atoms with Crippen LogP contribution in [0.3, 0.4) is 0 Å². The van der Waals surface area contributed by atoms with E-state index in [-0.39, 0.29) is 76.2 Å². The average molecular weight is 1620 g/mol. The van der Waals surface area contributed by atoms with Gasteiger partial charge in [0.15, 0.2) is 5.60 Å². The minimum Gasteiger partial charge on any atom is -0.495 e. The SMILES string of the molecule is COc1ccc(C#CCNC2(C)CCN(C3CCN(c4nc([C@@](CO)(OC5CC5)c5ccccc5)c5cc(-c6cn(C)c(=O)c7[nH]ccc67)ccc5n4)CC3)CC2)cc1N1CCC(=O)N(CNC(=O)[C@H](CC(N)=O)NC(=O)[C@H](CC(N)=O)NC(=O)CCOCCOCCN2C(=O)C(Sc3ccccc3)=C(Sc3ccccc3)C2=O)C1=O. The van der Waals surface area contributed by atoms with Crippen LogP contribution in [-0.4, -0.2) is 215 Å². The second-order valence-electron chi connectivity index (χ2n) is 29.3. The number of rotatable bonds is 35. The Morgan fingerprint density at radius 2 is 1.37 bits per heavy atom. The molecule has 8 aromatic rings. The Morgan fingerprint density at radius 1 is 0.724 bits per heavy atom. The van der Waals surface area contributed by atoms with Gasteiger partial charge < -0.3 is 76.1 Å². The number of aromatic amines is 1. The minimum atomic E-state index is -1.71. The van der Waals surface area contributed by atoms with Crippen LogP contribution in [0.4, 0.5) is 16.4 Å². The molecule has 1 saturated carbocycles. The smallest absolute Gasteiger partial charge is 0.332 e. The molecule has 4 aliphatic heterocycles. The van der Waals surface area contributed by atoms with E-state index in [1.54, 1.807) is 36.0 Å². The maximum atomic E-state index is 14.3. The summed E-state index contributed by atoms with van der Waals surface area (Å²) >= 11 is 2.43. The molecule has 10 amide bonds. The number of aromatic nitrogens is 4. The van der Waals surface area contributed by atoms with Crippen molar-refractivity contribution in [3.63, 3.8) is 0 Å². The normalized spacial score (nSPS) is 17.1. The Hall–Kier alpha value is -11.3. The van der Waals surface area contributed by atoms with E-state index in [1.165, 1.54) is 35.5 Å². The lowest BCUT2D eigenvalue weighted by molar-refractivity contribution is -0.138. The molecule has 0 unspecified atom stereocenters. The Morgan fingerprint density at radius 3 is 2.01 bits per heavy atom. The zero-order valence-electron chi connectivity index (χ0n) is 64.6. The number of primary amides is 2. The van der Waals surface area contributed by atoms with Crippen LogP contribution in [0, 0.1) is 11.8 Å². The van der Waals surface area contributed by atoms with E-state index >= 15 is 0 Å². The third-order valence-corrected chi connectivity index (χ3v) is 23.5. The van der Waals surface area contributed by atoms with Gasteiger partial charge in [0.25, 0.3) is 17.4 Å². The quantitative estimate of drug-likeness (QED) is 0.0130. The van der Waals surface area contributed by atoms with Gasteiger partial charge in [-0.25, -0.2) is 19.7 Å². The molecule has 32 heteroatoms. The number of amides is 10. The van der Waals surface area contributed by atoms with Crippen LogP contribution in [0.5, 0.6) is 5.75 Å². The first-order chi connectivity index (χ1) is 56.1. The number of aryl methyl sites for hydroxylation is 1. The number of nitrogens with two attached hydrogens (primary N) is 2. The number of ether oxygens (including phenoxy) is 4. The number of piperidine rings is 2. The van der Waals surface area contributed by atoms with Gasteiger partial charge in [0, 0.05) is 108 Å². The number of carbonyl (C=O) groups excluding carboxylic acids is 9. The predicted molar refractivity (Wildman–Crippen MR) is 436 cm³/mol. The highest BCUT2D eigenvalue weighted by Crippen LogP contribution is 2.45. The number of anilines is 2. The van der Waals surface area contributed by atoms with Gasteiger partial charge >= 0.3 is 6.03 Å². The van der Waals surface area contributed by atoms with E-state index in [9.17, 15) is 53.1 Å². The second-order valence-corrected chi connectivity index (χ2v) is 31.5. The Bertz CT molecular complexity index is 5090. The monoisotopic (exact) mass is 1620 g/mol. The summed E-state index contributed by atoms with van der Waals surface area (Å²) in [6, 6.07) is 37.6. The maximum Gasteiger partial charge on any atom is 0.332 e. The van der Waals surface area contributed by atoms with Crippen molar-refractivity contribution in [2.24, 2.45) is 18.5 Å². The van der Waals surface area contributed by atoms with Crippen LogP contribution in [0.1, 0.15) is 88.0 Å². The summed E-state index contributed by atoms with van der Waals surface area (Å²) in [6.45, 7) is 4.54. The highest BCUT2D eigenvalue weighted by molar-refractivity contribution is 8.08. The van der Waals surface area contributed by atoms with Crippen LogP contribution in [0.25, 0.3) is 32.9 Å². The molecule has 3 atom stereocenters. The largest absolute Gasteiger partial charge is 0.495 e. The molecular formula is C84H93N15O15S2. The lowest BCUT2D eigenvalue weighted by Crippen LogP contribution is -2.59. The topological polar surface area (TPSA) is 391 Å². The molecule has 116 heavy (non-hydrogen) atoms. The molecule has 3 saturated heterocycles. The van der Waals surface area contributed by atoms with Crippen molar-refractivity contribution in [2.75, 3.05) is 102 Å². The molecule has 5 aliphatic rings. The van der Waals surface area contributed by atoms with Crippen molar-refractivity contribution in [1.29, 1.82) is 0 Å². The van der Waals surface area contributed by atoms with Gasteiger partial charge in [-0.3, -0.25) is 53.0 Å². The number of likely N-dealkylation sites (tertiary alicyclic amines) is 1. The van der Waals surface area contributed by atoms with Crippen molar-refractivity contribution >= 4 is 110 Å². The number of hydrogen-bond acceptors (Lipinski definition) is 22. The standard InChI is InChI=1S/C84H93N15O15S2/c1-83(32-39-95(40-33-83)56-28-36-96(37-29-56)81-92-63-25-22-54(62-50-94(2)78(107)72-60(62)27-35-87-72)47-61(63)75(93-81)84(51-100,114-57-23-24-57)55-15-7-4-8-16-55)89-34-13-14-53-21-26-67(111-3)66(46-53)97-38-30-71(104)99(82(97)110)52-88-76(105)64(48-68(85)101)91-77(106)65(49-69(86)102)90-70(103)31-42-112-44-45-113-43-41-98-79(108)73(115-58-17-9-5-10-18-58)74(80(98)109)116-59-19-11-6-12-20-59/h4-12,15-22,25-27,35,46-47,50,56-57,64-65,87,89,100H,23-24,28-34,36-45,48-49,51-52H2,1-3H3,(H2,85,101)(H2,86,102)(H,88,105)(H,90,103)(H,91,106)/t64-,65-,84-/m0/s1. The van der Waals surface area contributed by atoms with Crippen molar-refractivity contribution in [2.45, 2.75) is 116 Å². The summed E-state index contributed by atoms with van der Waals surface area (Å²) < 4.78 is 25.4. The van der Waals surface area contributed by atoms with Crippen LogP contribution < -0.4 is 52.8 Å². The summed E-state index contributed by atoms with van der Waals surface area (Å²) in [6.07, 6.45) is 6.95. The van der Waals surface area contributed by atoms with Gasteiger partial charge in [-0.15, -0.1) is 0 Å². The van der Waals surface area contributed by atoms with E-state index in [2.05, 4.69) is 60.9 Å². The summed E-state index contributed by atoms with van der Waals surface area (Å²) in [5.74, 6) is 0.956. The number of benzene rings is 5. The number of thioether (sulfide) groups is 2. The number of methoxy groups -OCH3 is 1. The van der Waals surface area contributed by atoms with Crippen molar-refractivity contribution < 1.29 is 67.2 Å². The minimum absolute atomic E-state index is 0.00241. The van der Waals surface area contributed by atoms with Crippen LogP contribution in [0.2, 0.25) is 0 Å². The number of urea groups is 1. The third kappa shape index (κ3) is 19.6. The fraction of sp³-hybridized carbons (Fsp3) is 0.381. The number of hydrogen-bond donors (Lipinski definition) is 8. The summed E-state index contributed by atoms with van der Waals surface area (Å²) in [7, 11) is 3.18. The Labute approximate surface area is 678 Å². The van der Waals surface area contributed by atoms with Gasteiger partial charge in [0.2, 0.25) is 41.4 Å². The Balaban J connectivity index is 0.565. The number of nitrogens with zero attached hydrogens (tertiary/aromatic N) is 8. The second kappa shape index (κ2) is 37.5. The van der Waals surface area contributed by atoms with E-state index in [1.807, 2.05) is 115 Å². The molecular weight excluding hydrogens is 1520 g/mol. The highest BCUT2D eigenvalue weighted by Gasteiger charge is 2.45. The molecule has 3 aromatic heterocycles. The van der Waals surface area contributed by atoms with E-state index in [0.717, 1.165) is 112 Å². The first kappa shape index (κ1) is 82.7. The lowest BCUT2D eigenvalue weighted by atomic mass is 9.87. The van der Waals surface area contributed by atoms with Crippen LogP contribution >= 0.6 is 23.5 Å². The zero-order valence-corrected chi connectivity index (χ0v) is 66.3. The zero-order chi connectivity index (χ0) is 81.6. The molecule has 13 rings (SSSR count). The molecule has 1 aliphatic carbocycles. The molecule has 0 radical (unpaired) electrons. The number of nitrogens with one attached hydrogen (secondary N) is 5. The maximum absolute atomic E-state index is 14.3. The summed E-state index contributed by atoms with van der Waals surface area (Å²) in [5.41, 5.74) is 14.6. The van der Waals surface area contributed by atoms with E-state index in [4.69, 9.17) is 40.4 Å². The van der Waals surface area contributed by atoms with Gasteiger partial charge in [-0.1, -0.05) is 108 Å². The molecule has 10 N–H and O–H groups in total.